The molecule has 0 aromatic heterocycles. The average Bonchev–Trinajstić information content (AvgIpc) is 2.75. The molecule has 1 fully saturated rings. The van der Waals surface area contributed by atoms with Gasteiger partial charge in [0.2, 0.25) is 11.7 Å². The van der Waals surface area contributed by atoms with Crippen LogP contribution in [0, 0.1) is 0 Å². The van der Waals surface area contributed by atoms with Crippen LogP contribution in [0.15, 0.2) is 18.2 Å². The topological polar surface area (TPSA) is 81.5 Å². The molecule has 0 atom stereocenters. The number of piperazine rings is 1. The number of amides is 2. The van der Waals surface area contributed by atoms with E-state index in [0.29, 0.717) is 43.4 Å². The molecular formula is C21H32N3O5+. The van der Waals surface area contributed by atoms with Crippen LogP contribution in [-0.4, -0.2) is 77.3 Å². The maximum Gasteiger partial charge on any atom is 0.275 e. The molecule has 1 aliphatic rings. The molecule has 2 rings (SSSR count). The number of carbonyl (C=O) groups is 2. The van der Waals surface area contributed by atoms with E-state index in [1.165, 1.54) is 4.90 Å². The van der Waals surface area contributed by atoms with Gasteiger partial charge in [-0.3, -0.25) is 9.59 Å². The standard InChI is InChI=1S/C21H31N3O5/c1-5-8-22-19(25)15-23-9-11-24(12-10-23)20(26)7-6-16-13-17(27-2)21(29-4)18(14-16)28-3/h6-7,13-14H,5,8-12,15H2,1-4H3,(H,22,25)/p+1/b7-6+. The largest absolute Gasteiger partial charge is 0.493 e. The van der Waals surface area contributed by atoms with Crippen molar-refractivity contribution in [1.82, 2.24) is 10.2 Å². The molecule has 160 valence electrons. The van der Waals surface area contributed by atoms with Crippen molar-refractivity contribution in [3.63, 3.8) is 0 Å². The fourth-order valence-electron chi connectivity index (χ4n) is 3.24. The number of hydrogen-bond donors (Lipinski definition) is 2. The van der Waals surface area contributed by atoms with Gasteiger partial charge in [0.25, 0.3) is 5.91 Å². The summed E-state index contributed by atoms with van der Waals surface area (Å²) in [5.41, 5.74) is 0.782. The SMILES string of the molecule is CCCNC(=O)C[NH+]1CCN(C(=O)/C=C/c2cc(OC)c(OC)c(OC)c2)CC1. The first kappa shape index (κ1) is 22.5. The molecule has 2 amide bonds. The molecule has 1 saturated heterocycles. The second kappa shape index (κ2) is 11.3. The first-order valence-electron chi connectivity index (χ1n) is 9.89. The zero-order valence-electron chi connectivity index (χ0n) is 17.7. The summed E-state index contributed by atoms with van der Waals surface area (Å²) in [6, 6.07) is 3.59. The van der Waals surface area contributed by atoms with E-state index < -0.39 is 0 Å². The van der Waals surface area contributed by atoms with Crippen molar-refractivity contribution in [3.8, 4) is 17.2 Å². The second-order valence-corrected chi connectivity index (χ2v) is 6.89. The minimum absolute atomic E-state index is 0.0479. The lowest BCUT2D eigenvalue weighted by Gasteiger charge is -2.31. The lowest BCUT2D eigenvalue weighted by Crippen LogP contribution is -3.15. The Morgan fingerprint density at radius 2 is 1.72 bits per heavy atom. The summed E-state index contributed by atoms with van der Waals surface area (Å²) in [7, 11) is 4.66. The van der Waals surface area contributed by atoms with Gasteiger partial charge in [-0.2, -0.15) is 0 Å². The zero-order chi connectivity index (χ0) is 21.2. The molecular weight excluding hydrogens is 374 g/mol. The van der Waals surface area contributed by atoms with E-state index in [4.69, 9.17) is 14.2 Å². The van der Waals surface area contributed by atoms with Gasteiger partial charge in [-0.15, -0.1) is 0 Å². The van der Waals surface area contributed by atoms with Crippen LogP contribution in [0.3, 0.4) is 0 Å². The summed E-state index contributed by atoms with van der Waals surface area (Å²) in [6.45, 7) is 6.01. The minimum atomic E-state index is -0.0479. The van der Waals surface area contributed by atoms with E-state index in [0.717, 1.165) is 25.1 Å². The molecule has 0 radical (unpaired) electrons. The van der Waals surface area contributed by atoms with Crippen LogP contribution in [0.4, 0.5) is 0 Å². The van der Waals surface area contributed by atoms with Gasteiger partial charge >= 0.3 is 0 Å². The fraction of sp³-hybridized carbons (Fsp3) is 0.524. The molecule has 2 N–H and O–H groups in total. The van der Waals surface area contributed by atoms with Crippen LogP contribution in [0.5, 0.6) is 17.2 Å². The third-order valence-electron chi connectivity index (χ3n) is 4.87. The predicted molar refractivity (Wildman–Crippen MR) is 111 cm³/mol. The van der Waals surface area contributed by atoms with Crippen molar-refractivity contribution < 1.29 is 28.7 Å². The quantitative estimate of drug-likeness (QED) is 0.564. The van der Waals surface area contributed by atoms with Crippen LogP contribution in [0.1, 0.15) is 18.9 Å². The van der Waals surface area contributed by atoms with Gasteiger partial charge in [-0.1, -0.05) is 6.92 Å². The maximum absolute atomic E-state index is 12.5. The molecule has 0 spiro atoms. The smallest absolute Gasteiger partial charge is 0.275 e. The van der Waals surface area contributed by atoms with Gasteiger partial charge in [0.1, 0.15) is 0 Å². The van der Waals surface area contributed by atoms with E-state index in [-0.39, 0.29) is 11.8 Å². The van der Waals surface area contributed by atoms with E-state index in [1.807, 2.05) is 11.8 Å². The molecule has 0 aliphatic carbocycles. The Kier molecular flexibility index (Phi) is 8.79. The molecule has 1 aromatic carbocycles. The van der Waals surface area contributed by atoms with Crippen molar-refractivity contribution in [2.24, 2.45) is 0 Å². The summed E-state index contributed by atoms with van der Waals surface area (Å²) in [6.07, 6.45) is 4.23. The number of ether oxygens (including phenoxy) is 3. The maximum atomic E-state index is 12.5. The number of methoxy groups -OCH3 is 3. The van der Waals surface area contributed by atoms with Gasteiger partial charge in [-0.25, -0.2) is 0 Å². The number of hydrogen-bond acceptors (Lipinski definition) is 5. The van der Waals surface area contributed by atoms with Crippen LogP contribution in [-0.2, 0) is 9.59 Å². The number of nitrogens with zero attached hydrogens (tertiary/aromatic N) is 1. The van der Waals surface area contributed by atoms with E-state index in [1.54, 1.807) is 45.6 Å². The summed E-state index contributed by atoms with van der Waals surface area (Å²) in [5, 5.41) is 2.90. The Morgan fingerprint density at radius 1 is 1.10 bits per heavy atom. The summed E-state index contributed by atoms with van der Waals surface area (Å²) >= 11 is 0. The first-order valence-corrected chi connectivity index (χ1v) is 9.89. The lowest BCUT2D eigenvalue weighted by molar-refractivity contribution is -0.896. The molecule has 1 aliphatic heterocycles. The molecule has 1 aromatic rings. The molecule has 0 unspecified atom stereocenters. The molecule has 8 heteroatoms. The van der Waals surface area contributed by atoms with Crippen molar-refractivity contribution in [2.45, 2.75) is 13.3 Å². The monoisotopic (exact) mass is 406 g/mol. The number of quaternary nitrogens is 1. The Bertz CT molecular complexity index is 702. The van der Waals surface area contributed by atoms with Crippen molar-refractivity contribution >= 4 is 17.9 Å². The molecule has 1 heterocycles. The van der Waals surface area contributed by atoms with E-state index >= 15 is 0 Å². The molecule has 0 bridgehead atoms. The third kappa shape index (κ3) is 6.39. The highest BCUT2D eigenvalue weighted by Gasteiger charge is 2.24. The molecule has 29 heavy (non-hydrogen) atoms. The lowest BCUT2D eigenvalue weighted by atomic mass is 10.1. The van der Waals surface area contributed by atoms with Gasteiger partial charge in [-0.05, 0) is 30.2 Å². The Hall–Kier alpha value is -2.74. The zero-order valence-corrected chi connectivity index (χ0v) is 17.7. The van der Waals surface area contributed by atoms with Gasteiger partial charge in [0.05, 0.1) is 47.5 Å². The number of nitrogens with one attached hydrogen (secondary N) is 2. The Balaban J connectivity index is 1.93. The first-order chi connectivity index (χ1) is 14.0. The normalized spacial score (nSPS) is 14.7. The van der Waals surface area contributed by atoms with Crippen LogP contribution in [0.25, 0.3) is 6.08 Å². The predicted octanol–water partition coefficient (Wildman–Crippen LogP) is -0.0211. The molecule has 0 saturated carbocycles. The number of carbonyl (C=O) groups excluding carboxylic acids is 2. The van der Waals surface area contributed by atoms with Crippen LogP contribution >= 0.6 is 0 Å². The molecule has 8 nitrogen and oxygen atoms in total. The summed E-state index contributed by atoms with van der Waals surface area (Å²) < 4.78 is 16.0. The highest BCUT2D eigenvalue weighted by atomic mass is 16.5. The van der Waals surface area contributed by atoms with Gasteiger partial charge in [0.15, 0.2) is 18.0 Å². The van der Waals surface area contributed by atoms with Gasteiger partial charge < -0.3 is 29.3 Å². The number of benzene rings is 1. The number of rotatable bonds is 9. The Morgan fingerprint density at radius 3 is 2.24 bits per heavy atom. The van der Waals surface area contributed by atoms with Gasteiger partial charge in [0, 0.05) is 12.6 Å². The van der Waals surface area contributed by atoms with Crippen LogP contribution < -0.4 is 24.4 Å². The van der Waals surface area contributed by atoms with Crippen LogP contribution in [0.2, 0.25) is 0 Å². The van der Waals surface area contributed by atoms with Crippen molar-refractivity contribution in [3.05, 3.63) is 23.8 Å². The van der Waals surface area contributed by atoms with Crippen molar-refractivity contribution in [2.75, 3.05) is 60.6 Å². The van der Waals surface area contributed by atoms with E-state index in [9.17, 15) is 9.59 Å². The average molecular weight is 407 g/mol. The minimum Gasteiger partial charge on any atom is -0.493 e. The highest BCUT2D eigenvalue weighted by molar-refractivity contribution is 5.92. The summed E-state index contributed by atoms with van der Waals surface area (Å²) in [5.74, 6) is 1.62. The fourth-order valence-corrected chi connectivity index (χ4v) is 3.24. The highest BCUT2D eigenvalue weighted by Crippen LogP contribution is 2.38. The van der Waals surface area contributed by atoms with E-state index in [2.05, 4.69) is 5.32 Å². The van der Waals surface area contributed by atoms with Crippen molar-refractivity contribution in [1.29, 1.82) is 0 Å². The Labute approximate surface area is 172 Å². The third-order valence-corrected chi connectivity index (χ3v) is 4.87. The second-order valence-electron chi connectivity index (χ2n) is 6.89. The summed E-state index contributed by atoms with van der Waals surface area (Å²) in [4.78, 5) is 27.4.